The quantitative estimate of drug-likeness (QED) is 0.366. The maximum absolute atomic E-state index is 15.3. The van der Waals surface area contributed by atoms with E-state index in [1.165, 1.54) is 20.3 Å². The van der Waals surface area contributed by atoms with Gasteiger partial charge in [0.15, 0.2) is 6.10 Å². The van der Waals surface area contributed by atoms with E-state index in [9.17, 15) is 9.18 Å². The zero-order chi connectivity index (χ0) is 23.3. The van der Waals surface area contributed by atoms with Gasteiger partial charge in [0.05, 0.1) is 12.7 Å². The molecular weight excluding hydrogens is 416 g/mol. The average Bonchev–Trinajstić information content (AvgIpc) is 2.80. The highest BCUT2D eigenvalue weighted by molar-refractivity contribution is 5.94. The second kappa shape index (κ2) is 10.0. The molecule has 6 nitrogen and oxygen atoms in total. The zero-order valence-electron chi connectivity index (χ0n) is 17.6. The number of methoxy groups -OCH3 is 2. The fraction of sp³-hybridized carbons (Fsp3) is 0.167. The number of halogens is 2. The molecule has 166 valence electrons. The Morgan fingerprint density at radius 3 is 2.25 bits per heavy atom. The number of hydrogen-bond acceptors (Lipinski definition) is 4. The van der Waals surface area contributed by atoms with Gasteiger partial charge in [-0.05, 0) is 35.4 Å². The van der Waals surface area contributed by atoms with E-state index in [1.54, 1.807) is 48.5 Å². The normalized spacial score (nSPS) is 11.6. The Morgan fingerprint density at radius 2 is 1.69 bits per heavy atom. The molecule has 0 aliphatic rings. The first kappa shape index (κ1) is 22.9. The Bertz CT molecular complexity index is 1120. The number of nitrogens with two attached hydrogens (primary N) is 1. The van der Waals surface area contributed by atoms with Gasteiger partial charge in [0.1, 0.15) is 23.2 Å². The van der Waals surface area contributed by atoms with Crippen LogP contribution in [0.4, 0.5) is 8.78 Å². The molecule has 0 heterocycles. The molecule has 3 aromatic rings. The molecule has 0 saturated heterocycles. The molecule has 0 spiro atoms. The van der Waals surface area contributed by atoms with Gasteiger partial charge in [0.2, 0.25) is 0 Å². The van der Waals surface area contributed by atoms with Gasteiger partial charge in [-0.3, -0.25) is 10.2 Å². The molecule has 3 rings (SSSR count). The molecule has 32 heavy (non-hydrogen) atoms. The Labute approximate surface area is 184 Å². The van der Waals surface area contributed by atoms with Gasteiger partial charge in [-0.15, -0.1) is 0 Å². The van der Waals surface area contributed by atoms with Crippen molar-refractivity contribution in [2.45, 2.75) is 12.6 Å². The standard InChI is InChI=1S/C24H23F2N3O3/c1-31-17-9-7-15(8-10-17)18-11-12-19(25)20(21(18)26)22(32-2)24(30)29-13-14-3-5-16(6-4-14)23(27)28/h3-12,22H,13H2,1-2H3,(H3,27,28)(H,29,30). The molecule has 0 aromatic heterocycles. The Hall–Kier alpha value is -3.78. The van der Waals surface area contributed by atoms with Crippen LogP contribution < -0.4 is 15.8 Å². The topological polar surface area (TPSA) is 97.4 Å². The van der Waals surface area contributed by atoms with Crippen LogP contribution in [0.3, 0.4) is 0 Å². The van der Waals surface area contributed by atoms with E-state index < -0.39 is 29.2 Å². The SMILES string of the molecule is COc1ccc(-c2ccc(F)c(C(OC)C(=O)NCc3ccc(C(=N)N)cc3)c2F)cc1. The van der Waals surface area contributed by atoms with E-state index in [-0.39, 0.29) is 17.9 Å². The lowest BCUT2D eigenvalue weighted by Crippen LogP contribution is -2.31. The molecule has 0 radical (unpaired) electrons. The van der Waals surface area contributed by atoms with E-state index in [4.69, 9.17) is 20.6 Å². The maximum Gasteiger partial charge on any atom is 0.254 e. The summed E-state index contributed by atoms with van der Waals surface area (Å²) in [6.45, 7) is 0.109. The Morgan fingerprint density at radius 1 is 1.03 bits per heavy atom. The fourth-order valence-electron chi connectivity index (χ4n) is 3.24. The van der Waals surface area contributed by atoms with Crippen molar-refractivity contribution in [1.82, 2.24) is 5.32 Å². The van der Waals surface area contributed by atoms with Crippen LogP contribution in [0, 0.1) is 17.0 Å². The lowest BCUT2D eigenvalue weighted by molar-refractivity contribution is -0.131. The van der Waals surface area contributed by atoms with Gasteiger partial charge < -0.3 is 20.5 Å². The van der Waals surface area contributed by atoms with Crippen LogP contribution in [0.2, 0.25) is 0 Å². The fourth-order valence-corrected chi connectivity index (χ4v) is 3.24. The number of nitrogen functional groups attached to an aromatic ring is 1. The summed E-state index contributed by atoms with van der Waals surface area (Å²) in [6.07, 6.45) is -1.48. The van der Waals surface area contributed by atoms with Crippen LogP contribution in [0.15, 0.2) is 60.7 Å². The molecule has 3 aromatic carbocycles. The number of carbonyl (C=O) groups is 1. The minimum absolute atomic E-state index is 0.0669. The van der Waals surface area contributed by atoms with Crippen LogP contribution in [0.1, 0.15) is 22.8 Å². The number of amidine groups is 1. The third kappa shape index (κ3) is 4.92. The summed E-state index contributed by atoms with van der Waals surface area (Å²) in [5.74, 6) is -1.91. The first-order valence-corrected chi connectivity index (χ1v) is 9.71. The molecule has 0 fully saturated rings. The monoisotopic (exact) mass is 439 g/mol. The molecule has 1 amide bonds. The minimum atomic E-state index is -1.48. The molecule has 1 atom stereocenters. The van der Waals surface area contributed by atoms with Crippen molar-refractivity contribution in [3.8, 4) is 16.9 Å². The molecule has 4 N–H and O–H groups in total. The van der Waals surface area contributed by atoms with E-state index >= 15 is 4.39 Å². The predicted octanol–water partition coefficient (Wildman–Crippen LogP) is 3.93. The molecule has 0 bridgehead atoms. The average molecular weight is 439 g/mol. The van der Waals surface area contributed by atoms with E-state index in [1.807, 2.05) is 0 Å². The predicted molar refractivity (Wildman–Crippen MR) is 117 cm³/mol. The number of hydrogen-bond donors (Lipinski definition) is 3. The Balaban J connectivity index is 1.83. The number of ether oxygens (including phenoxy) is 2. The first-order chi connectivity index (χ1) is 15.3. The molecule has 0 saturated carbocycles. The minimum Gasteiger partial charge on any atom is -0.497 e. The summed E-state index contributed by atoms with van der Waals surface area (Å²) in [5.41, 5.74) is 6.88. The van der Waals surface area contributed by atoms with Crippen molar-refractivity contribution in [1.29, 1.82) is 5.41 Å². The summed E-state index contributed by atoms with van der Waals surface area (Å²) < 4.78 is 40.2. The third-order valence-corrected chi connectivity index (χ3v) is 5.00. The van der Waals surface area contributed by atoms with E-state index in [0.29, 0.717) is 16.9 Å². The molecule has 8 heteroatoms. The molecule has 0 aliphatic heterocycles. The van der Waals surface area contributed by atoms with Gasteiger partial charge in [0.25, 0.3) is 5.91 Å². The zero-order valence-corrected chi connectivity index (χ0v) is 17.6. The number of rotatable bonds is 8. The van der Waals surface area contributed by atoms with Gasteiger partial charge in [-0.1, -0.05) is 36.4 Å². The van der Waals surface area contributed by atoms with Gasteiger partial charge in [-0.2, -0.15) is 0 Å². The van der Waals surface area contributed by atoms with Crippen molar-refractivity contribution in [2.75, 3.05) is 14.2 Å². The summed E-state index contributed by atoms with van der Waals surface area (Å²) in [4.78, 5) is 12.7. The van der Waals surface area contributed by atoms with Crippen molar-refractivity contribution < 1.29 is 23.0 Å². The number of benzene rings is 3. The number of amides is 1. The van der Waals surface area contributed by atoms with Crippen LogP contribution in [-0.4, -0.2) is 26.0 Å². The summed E-state index contributed by atoms with van der Waals surface area (Å²) >= 11 is 0. The van der Waals surface area contributed by atoms with Crippen LogP contribution in [-0.2, 0) is 16.1 Å². The Kier molecular flexibility index (Phi) is 7.17. The highest BCUT2D eigenvalue weighted by Crippen LogP contribution is 2.32. The first-order valence-electron chi connectivity index (χ1n) is 9.71. The summed E-state index contributed by atoms with van der Waals surface area (Å²) in [7, 11) is 2.73. The second-order valence-electron chi connectivity index (χ2n) is 7.00. The maximum atomic E-state index is 15.3. The van der Waals surface area contributed by atoms with Gasteiger partial charge in [0, 0.05) is 24.8 Å². The van der Waals surface area contributed by atoms with E-state index in [0.717, 1.165) is 11.6 Å². The summed E-state index contributed by atoms with van der Waals surface area (Å²) in [5, 5.41) is 10.0. The van der Waals surface area contributed by atoms with Crippen LogP contribution >= 0.6 is 0 Å². The summed E-state index contributed by atoms with van der Waals surface area (Å²) in [6, 6.07) is 15.7. The number of nitrogens with one attached hydrogen (secondary N) is 2. The molecule has 0 aliphatic carbocycles. The number of carbonyl (C=O) groups excluding carboxylic acids is 1. The smallest absolute Gasteiger partial charge is 0.254 e. The van der Waals surface area contributed by atoms with Crippen LogP contribution in [0.5, 0.6) is 5.75 Å². The lowest BCUT2D eigenvalue weighted by Gasteiger charge is -2.19. The largest absolute Gasteiger partial charge is 0.497 e. The van der Waals surface area contributed by atoms with Gasteiger partial charge in [-0.25, -0.2) is 8.78 Å². The third-order valence-electron chi connectivity index (χ3n) is 5.00. The second-order valence-corrected chi connectivity index (χ2v) is 7.00. The van der Waals surface area contributed by atoms with Crippen molar-refractivity contribution in [3.63, 3.8) is 0 Å². The molecule has 1 unspecified atom stereocenters. The van der Waals surface area contributed by atoms with Crippen molar-refractivity contribution in [3.05, 3.63) is 89.0 Å². The van der Waals surface area contributed by atoms with Crippen molar-refractivity contribution in [2.24, 2.45) is 5.73 Å². The van der Waals surface area contributed by atoms with E-state index in [2.05, 4.69) is 5.32 Å². The van der Waals surface area contributed by atoms with Crippen molar-refractivity contribution >= 4 is 11.7 Å². The molecular formula is C24H23F2N3O3. The van der Waals surface area contributed by atoms with Gasteiger partial charge >= 0.3 is 0 Å². The highest BCUT2D eigenvalue weighted by Gasteiger charge is 2.28. The lowest BCUT2D eigenvalue weighted by atomic mass is 9.98. The van der Waals surface area contributed by atoms with Crippen LogP contribution in [0.25, 0.3) is 11.1 Å². The highest BCUT2D eigenvalue weighted by atomic mass is 19.1.